The van der Waals surface area contributed by atoms with Gasteiger partial charge in [0, 0.05) is 78.6 Å². The highest BCUT2D eigenvalue weighted by atomic mass is 16.3. The van der Waals surface area contributed by atoms with Gasteiger partial charge in [-0.1, -0.05) is 173 Å². The molecule has 80 heavy (non-hydrogen) atoms. The monoisotopic (exact) mass is 1030 g/mol. The second-order valence-corrected chi connectivity index (χ2v) is 22.9. The molecule has 12 aromatic carbocycles. The highest BCUT2D eigenvalue weighted by Crippen LogP contribution is 2.53. The number of anilines is 6. The molecule has 14 aromatic rings. The van der Waals surface area contributed by atoms with Crippen LogP contribution in [0.25, 0.3) is 99.2 Å². The summed E-state index contributed by atoms with van der Waals surface area (Å²) in [5.74, 6) is 0. The molecule has 2 heterocycles. The number of hydrogen-bond acceptors (Lipinski definition) is 4. The van der Waals surface area contributed by atoms with Crippen LogP contribution >= 0.6 is 0 Å². The summed E-state index contributed by atoms with van der Waals surface area (Å²) in [6, 6.07) is 92.9. The van der Waals surface area contributed by atoms with E-state index in [0.29, 0.717) is 0 Å². The van der Waals surface area contributed by atoms with E-state index < -0.39 is 0 Å². The van der Waals surface area contributed by atoms with Crippen LogP contribution in [0.1, 0.15) is 49.9 Å². The molecule has 0 radical (unpaired) electrons. The minimum absolute atomic E-state index is 0.140. The van der Waals surface area contributed by atoms with Gasteiger partial charge in [-0.15, -0.1) is 0 Å². The molecule has 0 bridgehead atoms. The van der Waals surface area contributed by atoms with Crippen molar-refractivity contribution in [2.24, 2.45) is 0 Å². The predicted molar refractivity (Wildman–Crippen MR) is 334 cm³/mol. The van der Waals surface area contributed by atoms with Gasteiger partial charge in [-0.3, -0.25) is 0 Å². The molecule has 2 aromatic heterocycles. The zero-order valence-corrected chi connectivity index (χ0v) is 45.0. The Balaban J connectivity index is 0.782. The van der Waals surface area contributed by atoms with Crippen molar-refractivity contribution in [2.75, 3.05) is 9.80 Å². The fraction of sp³-hybridized carbons (Fsp3) is 0.0789. The highest BCUT2D eigenvalue weighted by Gasteiger charge is 2.37. The standard InChI is InChI=1S/C76H54N2O2/c1-75(2)67-21-13-11-19-59(67)61-35-31-55(43-69(61)75)77(53-27-23-49(24-28-53)47-15-7-5-8-16-47)57-33-37-63-65-39-51-40-66-64-38-34-58(46-74(64)80-72(66)42-52(51)41-71(65)79-73(63)45-57)78(54-29-25-50(26-30-54)48-17-9-6-10-18-48)56-32-36-62-60-20-12-14-22-68(60)76(3,4)70(62)44-56/h5-46H,1-4H3. The molecule has 16 rings (SSSR count). The lowest BCUT2D eigenvalue weighted by Gasteiger charge is -2.28. The Hall–Kier alpha value is -9.90. The summed E-state index contributed by atoms with van der Waals surface area (Å²) in [7, 11) is 0. The first kappa shape index (κ1) is 46.2. The molecule has 0 N–H and O–H groups in total. The van der Waals surface area contributed by atoms with E-state index in [4.69, 9.17) is 8.83 Å². The number of furan rings is 2. The van der Waals surface area contributed by atoms with Crippen molar-refractivity contribution in [2.45, 2.75) is 38.5 Å². The van der Waals surface area contributed by atoms with Crippen LogP contribution in [-0.4, -0.2) is 0 Å². The van der Waals surface area contributed by atoms with Crippen LogP contribution in [0.5, 0.6) is 0 Å². The molecule has 0 atom stereocenters. The minimum atomic E-state index is -0.140. The second-order valence-electron chi connectivity index (χ2n) is 22.9. The molecule has 0 saturated carbocycles. The molecule has 0 aliphatic heterocycles. The van der Waals surface area contributed by atoms with E-state index in [1.54, 1.807) is 0 Å². The third-order valence-corrected chi connectivity index (χ3v) is 17.6. The van der Waals surface area contributed by atoms with Gasteiger partial charge in [0.15, 0.2) is 0 Å². The number of rotatable bonds is 8. The predicted octanol–water partition coefficient (Wildman–Crippen LogP) is 21.5. The van der Waals surface area contributed by atoms with Gasteiger partial charge in [-0.2, -0.15) is 0 Å². The average molecular weight is 1030 g/mol. The molecule has 0 fully saturated rings. The Bertz CT molecular complexity index is 4510. The smallest absolute Gasteiger partial charge is 0.137 e. The van der Waals surface area contributed by atoms with Crippen molar-refractivity contribution in [3.05, 3.63) is 277 Å². The van der Waals surface area contributed by atoms with Gasteiger partial charge in [0.25, 0.3) is 0 Å². The zero-order valence-electron chi connectivity index (χ0n) is 45.0. The van der Waals surface area contributed by atoms with Crippen LogP contribution in [0, 0.1) is 0 Å². The molecule has 0 amide bonds. The van der Waals surface area contributed by atoms with E-state index in [0.717, 1.165) is 88.8 Å². The largest absolute Gasteiger partial charge is 0.456 e. The summed E-state index contributed by atoms with van der Waals surface area (Å²) in [6.07, 6.45) is 0. The number of fused-ring (bicyclic) bond motifs is 13. The Morgan fingerprint density at radius 3 is 1.01 bits per heavy atom. The second kappa shape index (κ2) is 17.3. The van der Waals surface area contributed by atoms with E-state index in [1.165, 1.54) is 66.8 Å². The SMILES string of the molecule is CC1(C)c2ccccc2-c2ccc(N(c3ccc(-c4ccccc4)cc3)c3ccc4c(c3)oc3cc5cc6oc7cc(N(c8ccc(-c9ccccc9)cc8)c8ccc9c(c8)C(C)(C)c8ccccc8-9)ccc7c6cc5cc34)cc21. The van der Waals surface area contributed by atoms with E-state index in [9.17, 15) is 0 Å². The molecule has 4 nitrogen and oxygen atoms in total. The van der Waals surface area contributed by atoms with Crippen molar-refractivity contribution in [3.63, 3.8) is 0 Å². The first-order chi connectivity index (χ1) is 39.1. The summed E-state index contributed by atoms with van der Waals surface area (Å²) in [4.78, 5) is 4.74. The Kier molecular flexibility index (Phi) is 9.99. The van der Waals surface area contributed by atoms with Gasteiger partial charge in [0.05, 0.1) is 0 Å². The van der Waals surface area contributed by atoms with E-state index in [2.05, 4.69) is 292 Å². The summed E-state index contributed by atoms with van der Waals surface area (Å²) in [6.45, 7) is 9.38. The molecule has 0 saturated heterocycles. The molecular formula is C76H54N2O2. The number of benzene rings is 12. The Labute approximate surface area is 465 Å². The Morgan fingerprint density at radius 2 is 0.575 bits per heavy atom. The van der Waals surface area contributed by atoms with Crippen LogP contribution in [0.2, 0.25) is 0 Å². The summed E-state index contributed by atoms with van der Waals surface area (Å²) < 4.78 is 13.8. The summed E-state index contributed by atoms with van der Waals surface area (Å²) in [5, 5.41) is 6.51. The molecule has 380 valence electrons. The van der Waals surface area contributed by atoms with Crippen molar-refractivity contribution >= 4 is 88.8 Å². The van der Waals surface area contributed by atoms with Crippen molar-refractivity contribution < 1.29 is 8.83 Å². The van der Waals surface area contributed by atoms with E-state index in [1.807, 2.05) is 0 Å². The summed E-state index contributed by atoms with van der Waals surface area (Å²) in [5.41, 5.74) is 24.8. The van der Waals surface area contributed by atoms with Crippen LogP contribution in [0.15, 0.2) is 264 Å². The van der Waals surface area contributed by atoms with Gasteiger partial charge in [0.2, 0.25) is 0 Å². The normalized spacial score (nSPS) is 13.7. The quantitative estimate of drug-likeness (QED) is 0.152. The first-order valence-corrected chi connectivity index (χ1v) is 27.8. The van der Waals surface area contributed by atoms with Crippen LogP contribution < -0.4 is 9.80 Å². The van der Waals surface area contributed by atoms with Crippen molar-refractivity contribution in [3.8, 4) is 44.5 Å². The van der Waals surface area contributed by atoms with Crippen molar-refractivity contribution in [1.29, 1.82) is 0 Å². The first-order valence-electron chi connectivity index (χ1n) is 27.8. The lowest BCUT2D eigenvalue weighted by Crippen LogP contribution is -2.16. The molecule has 4 heteroatoms. The van der Waals surface area contributed by atoms with Gasteiger partial charge < -0.3 is 18.6 Å². The van der Waals surface area contributed by atoms with Gasteiger partial charge in [-0.05, 0) is 175 Å². The Morgan fingerprint density at radius 1 is 0.250 bits per heavy atom. The molecule has 0 spiro atoms. The highest BCUT2D eigenvalue weighted by molar-refractivity contribution is 6.16. The maximum Gasteiger partial charge on any atom is 0.137 e. The van der Waals surface area contributed by atoms with Gasteiger partial charge in [0.1, 0.15) is 22.3 Å². The lowest BCUT2D eigenvalue weighted by atomic mass is 9.82. The number of hydrogen-bond donors (Lipinski definition) is 0. The molecule has 0 unspecified atom stereocenters. The lowest BCUT2D eigenvalue weighted by molar-refractivity contribution is 0.660. The van der Waals surface area contributed by atoms with Crippen molar-refractivity contribution in [1.82, 2.24) is 0 Å². The minimum Gasteiger partial charge on any atom is -0.456 e. The van der Waals surface area contributed by atoms with Crippen LogP contribution in [0.3, 0.4) is 0 Å². The molecule has 2 aliphatic rings. The van der Waals surface area contributed by atoms with Crippen LogP contribution in [-0.2, 0) is 10.8 Å². The van der Waals surface area contributed by atoms with Crippen LogP contribution in [0.4, 0.5) is 34.1 Å². The average Bonchev–Trinajstić information content (AvgIpc) is 4.32. The molecule has 2 aliphatic carbocycles. The molecular weight excluding hydrogens is 973 g/mol. The van der Waals surface area contributed by atoms with E-state index >= 15 is 0 Å². The fourth-order valence-corrected chi connectivity index (χ4v) is 13.5. The summed E-state index contributed by atoms with van der Waals surface area (Å²) >= 11 is 0. The van der Waals surface area contributed by atoms with E-state index in [-0.39, 0.29) is 10.8 Å². The topological polar surface area (TPSA) is 32.8 Å². The maximum absolute atomic E-state index is 6.88. The fourth-order valence-electron chi connectivity index (χ4n) is 13.5. The third kappa shape index (κ3) is 7.08. The van der Waals surface area contributed by atoms with Gasteiger partial charge in [-0.25, -0.2) is 0 Å². The zero-order chi connectivity index (χ0) is 53.4. The number of nitrogens with zero attached hydrogens (tertiary/aromatic N) is 2. The van der Waals surface area contributed by atoms with Gasteiger partial charge >= 0.3 is 0 Å². The third-order valence-electron chi connectivity index (χ3n) is 17.6. The maximum atomic E-state index is 6.88.